The topological polar surface area (TPSA) is 92.2 Å². The average molecular weight is 487 g/mol. The second-order valence-electron chi connectivity index (χ2n) is 6.15. The molecule has 2 N–H and O–H groups in total. The highest BCUT2D eigenvalue weighted by atomic mass is 79.9. The molecule has 0 aliphatic carbocycles. The van der Waals surface area contributed by atoms with E-state index in [0.29, 0.717) is 23.2 Å². The van der Waals surface area contributed by atoms with Crippen molar-refractivity contribution in [2.75, 3.05) is 11.9 Å². The molecule has 7 nitrogen and oxygen atoms in total. The van der Waals surface area contributed by atoms with Crippen molar-refractivity contribution in [3.8, 4) is 5.75 Å². The summed E-state index contributed by atoms with van der Waals surface area (Å²) in [6.07, 6.45) is 3.24. The Labute approximate surface area is 186 Å². The molecule has 9 heteroatoms. The number of amides is 2. The zero-order valence-electron chi connectivity index (χ0n) is 15.9. The van der Waals surface area contributed by atoms with Crippen LogP contribution in [0.4, 0.5) is 5.69 Å². The molecule has 2 aromatic rings. The molecule has 1 heterocycles. The minimum Gasteiger partial charge on any atom is -0.489 e. The maximum absolute atomic E-state index is 12.2. The second kappa shape index (κ2) is 10.7. The van der Waals surface area contributed by atoms with Crippen LogP contribution in [0.1, 0.15) is 12.0 Å². The van der Waals surface area contributed by atoms with Gasteiger partial charge in [-0.25, -0.2) is 0 Å². The third-order valence-electron chi connectivity index (χ3n) is 3.88. The number of ether oxygens (including phenoxy) is 1. The second-order valence-corrected chi connectivity index (χ2v) is 8.25. The summed E-state index contributed by atoms with van der Waals surface area (Å²) in [5, 5.41) is 13.3. The van der Waals surface area contributed by atoms with E-state index in [4.69, 9.17) is 4.74 Å². The Morgan fingerprint density at radius 1 is 1.30 bits per heavy atom. The predicted octanol–water partition coefficient (Wildman–Crippen LogP) is 3.96. The van der Waals surface area contributed by atoms with Crippen LogP contribution in [0.25, 0.3) is 0 Å². The van der Waals surface area contributed by atoms with E-state index in [-0.39, 0.29) is 18.2 Å². The van der Waals surface area contributed by atoms with Crippen molar-refractivity contribution in [2.45, 2.75) is 11.7 Å². The van der Waals surface area contributed by atoms with Crippen molar-refractivity contribution in [3.63, 3.8) is 0 Å². The zero-order chi connectivity index (χ0) is 21.3. The summed E-state index contributed by atoms with van der Waals surface area (Å²) in [7, 11) is 0. The minimum atomic E-state index is -0.556. The van der Waals surface area contributed by atoms with E-state index in [1.54, 1.807) is 24.4 Å². The molecule has 1 saturated heterocycles. The number of rotatable bonds is 8. The van der Waals surface area contributed by atoms with Crippen LogP contribution >= 0.6 is 27.7 Å². The molecule has 1 fully saturated rings. The zero-order valence-corrected chi connectivity index (χ0v) is 18.3. The number of nitrogens with one attached hydrogen (secondary N) is 2. The standard InChI is InChI=1S/C21H19BrN4O3S/c1-2-10-29-17-9-8-15(22)11-14(17)13-23-26-21-25-20(28)18(30-21)12-19(27)24-16-6-4-3-5-7-16/h2-9,11,13,18H,1,10,12H2,(H,24,27)(H,25,26,28)/b23-13-/t18-/m0/s1. The van der Waals surface area contributed by atoms with E-state index in [9.17, 15) is 9.59 Å². The number of benzene rings is 2. The number of hydrogen-bond donors (Lipinski definition) is 2. The van der Waals surface area contributed by atoms with E-state index in [0.717, 1.165) is 10.0 Å². The van der Waals surface area contributed by atoms with E-state index in [2.05, 4.69) is 43.3 Å². The van der Waals surface area contributed by atoms with Crippen LogP contribution in [0.15, 0.2) is 75.9 Å². The van der Waals surface area contributed by atoms with Gasteiger partial charge in [0.15, 0.2) is 5.17 Å². The van der Waals surface area contributed by atoms with Crippen molar-refractivity contribution < 1.29 is 14.3 Å². The van der Waals surface area contributed by atoms with Gasteiger partial charge in [0.25, 0.3) is 0 Å². The number of amidine groups is 1. The Morgan fingerprint density at radius 3 is 2.87 bits per heavy atom. The molecule has 0 unspecified atom stereocenters. The highest BCUT2D eigenvalue weighted by molar-refractivity contribution is 9.10. The number of carbonyl (C=O) groups excluding carboxylic acids is 2. The van der Waals surface area contributed by atoms with Gasteiger partial charge in [-0.1, -0.05) is 58.5 Å². The van der Waals surface area contributed by atoms with Gasteiger partial charge in [0.05, 0.1) is 6.21 Å². The monoisotopic (exact) mass is 486 g/mol. The molecule has 1 aliphatic rings. The third kappa shape index (κ3) is 6.30. The molecule has 154 valence electrons. The quantitative estimate of drug-likeness (QED) is 0.335. The molecule has 2 aromatic carbocycles. The summed E-state index contributed by atoms with van der Waals surface area (Å²) in [6, 6.07) is 14.6. The first-order valence-electron chi connectivity index (χ1n) is 9.02. The largest absolute Gasteiger partial charge is 0.489 e. The number of hydrogen-bond acceptors (Lipinski definition) is 6. The van der Waals surface area contributed by atoms with Crippen LogP contribution in [-0.4, -0.2) is 35.1 Å². The number of halogens is 1. The molecule has 0 saturated carbocycles. The molecule has 0 aromatic heterocycles. The fourth-order valence-electron chi connectivity index (χ4n) is 2.53. The lowest BCUT2D eigenvalue weighted by Gasteiger charge is -2.07. The summed E-state index contributed by atoms with van der Waals surface area (Å²) < 4.78 is 6.46. The van der Waals surface area contributed by atoms with E-state index < -0.39 is 5.25 Å². The predicted molar refractivity (Wildman–Crippen MR) is 124 cm³/mol. The molecule has 0 bridgehead atoms. The first kappa shape index (κ1) is 21.8. The molecule has 1 atom stereocenters. The molecule has 30 heavy (non-hydrogen) atoms. The van der Waals surface area contributed by atoms with E-state index in [1.165, 1.54) is 11.8 Å². The Balaban J connectivity index is 1.60. The maximum atomic E-state index is 12.2. The number of thioether (sulfide) groups is 1. The van der Waals surface area contributed by atoms with Gasteiger partial charge in [0, 0.05) is 22.1 Å². The summed E-state index contributed by atoms with van der Waals surface area (Å²) in [5.41, 5.74) is 1.41. The first-order valence-corrected chi connectivity index (χ1v) is 10.7. The molecule has 0 spiro atoms. The van der Waals surface area contributed by atoms with Gasteiger partial charge in [0.1, 0.15) is 17.6 Å². The Hall–Kier alpha value is -2.91. The van der Waals surface area contributed by atoms with Gasteiger partial charge in [-0.05, 0) is 30.3 Å². The van der Waals surface area contributed by atoms with Crippen molar-refractivity contribution in [1.82, 2.24) is 5.32 Å². The molecular formula is C21H19BrN4O3S. The van der Waals surface area contributed by atoms with Crippen molar-refractivity contribution in [2.24, 2.45) is 10.2 Å². The number of carbonyl (C=O) groups is 2. The van der Waals surface area contributed by atoms with Crippen LogP contribution in [-0.2, 0) is 9.59 Å². The van der Waals surface area contributed by atoms with Gasteiger partial charge in [0.2, 0.25) is 11.8 Å². The fraction of sp³-hybridized carbons (Fsp3) is 0.143. The van der Waals surface area contributed by atoms with Crippen LogP contribution in [0.5, 0.6) is 5.75 Å². The highest BCUT2D eigenvalue weighted by Crippen LogP contribution is 2.24. The van der Waals surface area contributed by atoms with Crippen molar-refractivity contribution >= 4 is 56.6 Å². The third-order valence-corrected chi connectivity index (χ3v) is 5.44. The average Bonchev–Trinajstić information content (AvgIpc) is 3.07. The highest BCUT2D eigenvalue weighted by Gasteiger charge is 2.32. The maximum Gasteiger partial charge on any atom is 0.240 e. The Morgan fingerprint density at radius 2 is 2.10 bits per heavy atom. The number of anilines is 1. The lowest BCUT2D eigenvalue weighted by molar-refractivity contribution is -0.122. The summed E-state index contributed by atoms with van der Waals surface area (Å²) in [6.45, 7) is 4.00. The van der Waals surface area contributed by atoms with Crippen LogP contribution in [0.2, 0.25) is 0 Å². The van der Waals surface area contributed by atoms with Gasteiger partial charge in [-0.15, -0.1) is 5.10 Å². The molecular weight excluding hydrogens is 468 g/mol. The Kier molecular flexibility index (Phi) is 7.81. The van der Waals surface area contributed by atoms with Crippen LogP contribution < -0.4 is 15.4 Å². The number of nitrogens with zero attached hydrogens (tertiary/aromatic N) is 2. The number of para-hydroxylation sites is 1. The normalized spacial score (nSPS) is 17.2. The lowest BCUT2D eigenvalue weighted by atomic mass is 10.2. The summed E-state index contributed by atoms with van der Waals surface area (Å²) in [5.74, 6) is 0.131. The Bertz CT molecular complexity index is 995. The van der Waals surface area contributed by atoms with Gasteiger partial charge in [-0.2, -0.15) is 5.10 Å². The molecule has 3 rings (SSSR count). The van der Waals surface area contributed by atoms with Gasteiger partial charge >= 0.3 is 0 Å². The lowest BCUT2D eigenvalue weighted by Crippen LogP contribution is -2.28. The van der Waals surface area contributed by atoms with Crippen LogP contribution in [0.3, 0.4) is 0 Å². The summed E-state index contributed by atoms with van der Waals surface area (Å²) >= 11 is 4.59. The van der Waals surface area contributed by atoms with E-state index in [1.807, 2.05) is 36.4 Å². The van der Waals surface area contributed by atoms with Crippen molar-refractivity contribution in [3.05, 3.63) is 71.2 Å². The molecule has 0 radical (unpaired) electrons. The van der Waals surface area contributed by atoms with E-state index >= 15 is 0 Å². The van der Waals surface area contributed by atoms with Gasteiger partial charge in [-0.3, -0.25) is 9.59 Å². The molecule has 2 amide bonds. The van der Waals surface area contributed by atoms with Crippen molar-refractivity contribution in [1.29, 1.82) is 0 Å². The fourth-order valence-corrected chi connectivity index (χ4v) is 3.84. The van der Waals surface area contributed by atoms with Crippen LogP contribution in [0, 0.1) is 0 Å². The van der Waals surface area contributed by atoms with Gasteiger partial charge < -0.3 is 15.4 Å². The first-order chi connectivity index (χ1) is 14.5. The smallest absolute Gasteiger partial charge is 0.240 e. The minimum absolute atomic E-state index is 0.0410. The SMILES string of the molecule is C=CCOc1ccc(Br)cc1/C=N\N=C1\NC(=O)[C@H](CC(=O)Nc2ccccc2)S1. The molecule has 1 aliphatic heterocycles. The summed E-state index contributed by atoms with van der Waals surface area (Å²) in [4.78, 5) is 24.3.